The molecule has 1 aromatic carbocycles. The van der Waals surface area contributed by atoms with Crippen LogP contribution in [-0.4, -0.2) is 44.2 Å². The Labute approximate surface area is 143 Å². The standard InChI is InChI=1S/C18H25N3O3/c1-21(11-14-7-6-8-15(23-2)17(14)24-3)12-16(22)20-18(13-19)9-4-5-10-18/h6-8H,4-5,9-12H2,1-3H3,(H,20,22). The van der Waals surface area contributed by atoms with Crippen molar-refractivity contribution in [2.24, 2.45) is 0 Å². The summed E-state index contributed by atoms with van der Waals surface area (Å²) in [7, 11) is 5.07. The molecule has 6 heteroatoms. The minimum Gasteiger partial charge on any atom is -0.493 e. The third kappa shape index (κ3) is 4.18. The number of methoxy groups -OCH3 is 2. The molecule has 0 bridgehead atoms. The number of benzene rings is 1. The Bertz CT molecular complexity index is 618. The zero-order valence-corrected chi connectivity index (χ0v) is 14.6. The van der Waals surface area contributed by atoms with E-state index in [1.807, 2.05) is 30.1 Å². The maximum atomic E-state index is 12.3. The van der Waals surface area contributed by atoms with Crippen molar-refractivity contribution in [3.05, 3.63) is 23.8 Å². The third-order valence-corrected chi connectivity index (χ3v) is 4.39. The molecule has 1 fully saturated rings. The molecular formula is C18H25N3O3. The molecule has 1 saturated carbocycles. The molecule has 130 valence electrons. The Kier molecular flexibility index (Phi) is 6.04. The fourth-order valence-corrected chi connectivity index (χ4v) is 3.22. The number of carbonyl (C=O) groups excluding carboxylic acids is 1. The van der Waals surface area contributed by atoms with E-state index in [4.69, 9.17) is 9.47 Å². The van der Waals surface area contributed by atoms with Crippen LogP contribution in [-0.2, 0) is 11.3 Å². The maximum absolute atomic E-state index is 12.3. The molecule has 24 heavy (non-hydrogen) atoms. The molecule has 0 aliphatic heterocycles. The van der Waals surface area contributed by atoms with E-state index in [0.717, 1.165) is 31.2 Å². The van der Waals surface area contributed by atoms with Crippen molar-refractivity contribution in [3.8, 4) is 17.6 Å². The number of nitrogens with one attached hydrogen (secondary N) is 1. The summed E-state index contributed by atoms with van der Waals surface area (Å²) in [6.45, 7) is 0.775. The van der Waals surface area contributed by atoms with Gasteiger partial charge in [0.1, 0.15) is 5.54 Å². The Balaban J connectivity index is 1.97. The van der Waals surface area contributed by atoms with Crippen LogP contribution in [0, 0.1) is 11.3 Å². The van der Waals surface area contributed by atoms with Crippen molar-refractivity contribution in [1.29, 1.82) is 5.26 Å². The first kappa shape index (κ1) is 18.1. The van der Waals surface area contributed by atoms with Crippen molar-refractivity contribution in [1.82, 2.24) is 10.2 Å². The van der Waals surface area contributed by atoms with Crippen molar-refractivity contribution in [3.63, 3.8) is 0 Å². The normalized spacial score (nSPS) is 15.8. The molecule has 1 aromatic rings. The highest BCUT2D eigenvalue weighted by atomic mass is 16.5. The van der Waals surface area contributed by atoms with E-state index in [1.54, 1.807) is 14.2 Å². The smallest absolute Gasteiger partial charge is 0.235 e. The van der Waals surface area contributed by atoms with Crippen LogP contribution in [0.3, 0.4) is 0 Å². The van der Waals surface area contributed by atoms with Gasteiger partial charge in [-0.3, -0.25) is 9.69 Å². The summed E-state index contributed by atoms with van der Waals surface area (Å²) in [4.78, 5) is 14.2. The number of amides is 1. The second kappa shape index (κ2) is 8.02. The fraction of sp³-hybridized carbons (Fsp3) is 0.556. The van der Waals surface area contributed by atoms with Gasteiger partial charge in [-0.25, -0.2) is 0 Å². The average Bonchev–Trinajstić information content (AvgIpc) is 3.03. The lowest BCUT2D eigenvalue weighted by molar-refractivity contribution is -0.123. The van der Waals surface area contributed by atoms with E-state index < -0.39 is 5.54 Å². The number of nitriles is 1. The minimum atomic E-state index is -0.675. The van der Waals surface area contributed by atoms with Gasteiger partial charge in [-0.05, 0) is 38.8 Å². The second-order valence-electron chi connectivity index (χ2n) is 6.27. The summed E-state index contributed by atoms with van der Waals surface area (Å²) >= 11 is 0. The quantitative estimate of drug-likeness (QED) is 0.828. The highest BCUT2D eigenvalue weighted by molar-refractivity contribution is 5.79. The zero-order valence-electron chi connectivity index (χ0n) is 14.6. The number of para-hydroxylation sites is 1. The highest BCUT2D eigenvalue weighted by Gasteiger charge is 2.35. The predicted octanol–water partition coefficient (Wildman–Crippen LogP) is 2.09. The van der Waals surface area contributed by atoms with Crippen LogP contribution in [0.4, 0.5) is 0 Å². The van der Waals surface area contributed by atoms with Gasteiger partial charge in [0, 0.05) is 12.1 Å². The molecule has 0 saturated heterocycles. The number of hydrogen-bond donors (Lipinski definition) is 1. The summed E-state index contributed by atoms with van der Waals surface area (Å²) in [5.74, 6) is 1.22. The van der Waals surface area contributed by atoms with Gasteiger partial charge in [-0.15, -0.1) is 0 Å². The molecule has 1 N–H and O–H groups in total. The maximum Gasteiger partial charge on any atom is 0.235 e. The second-order valence-corrected chi connectivity index (χ2v) is 6.27. The van der Waals surface area contributed by atoms with Crippen LogP contribution in [0.1, 0.15) is 31.2 Å². The van der Waals surface area contributed by atoms with E-state index in [2.05, 4.69) is 11.4 Å². The Morgan fingerprint density at radius 2 is 2.04 bits per heavy atom. The van der Waals surface area contributed by atoms with Crippen LogP contribution in [0.25, 0.3) is 0 Å². The summed E-state index contributed by atoms with van der Waals surface area (Å²) in [5, 5.41) is 12.3. The van der Waals surface area contributed by atoms with Gasteiger partial charge in [0.2, 0.25) is 5.91 Å². The monoisotopic (exact) mass is 331 g/mol. The van der Waals surface area contributed by atoms with E-state index >= 15 is 0 Å². The number of ether oxygens (including phenoxy) is 2. The van der Waals surface area contributed by atoms with Gasteiger partial charge in [-0.1, -0.05) is 12.1 Å². The molecule has 2 rings (SSSR count). The van der Waals surface area contributed by atoms with Gasteiger partial charge in [0.05, 0.1) is 26.8 Å². The van der Waals surface area contributed by atoms with Crippen LogP contribution in [0.2, 0.25) is 0 Å². The van der Waals surface area contributed by atoms with Crippen molar-refractivity contribution in [2.45, 2.75) is 37.8 Å². The molecule has 1 aliphatic carbocycles. The molecule has 0 heterocycles. The van der Waals surface area contributed by atoms with Crippen LogP contribution < -0.4 is 14.8 Å². The van der Waals surface area contributed by atoms with Crippen LogP contribution in [0.15, 0.2) is 18.2 Å². The molecule has 0 unspecified atom stereocenters. The summed E-state index contributed by atoms with van der Waals surface area (Å²) in [6, 6.07) is 7.96. The van der Waals surface area contributed by atoms with E-state index in [1.165, 1.54) is 0 Å². The van der Waals surface area contributed by atoms with Crippen molar-refractivity contribution in [2.75, 3.05) is 27.8 Å². The van der Waals surface area contributed by atoms with Crippen molar-refractivity contribution >= 4 is 5.91 Å². The van der Waals surface area contributed by atoms with Crippen LogP contribution in [0.5, 0.6) is 11.5 Å². The number of carbonyl (C=O) groups is 1. The van der Waals surface area contributed by atoms with Crippen LogP contribution >= 0.6 is 0 Å². The van der Waals surface area contributed by atoms with E-state index in [9.17, 15) is 10.1 Å². The molecular weight excluding hydrogens is 306 g/mol. The Hall–Kier alpha value is -2.26. The summed E-state index contributed by atoms with van der Waals surface area (Å²) < 4.78 is 10.7. The van der Waals surface area contributed by atoms with Gasteiger partial charge in [0.15, 0.2) is 11.5 Å². The number of hydrogen-bond acceptors (Lipinski definition) is 5. The minimum absolute atomic E-state index is 0.122. The lowest BCUT2D eigenvalue weighted by atomic mass is 10.00. The molecule has 1 aliphatic rings. The van der Waals surface area contributed by atoms with Gasteiger partial charge in [-0.2, -0.15) is 5.26 Å². The zero-order chi connectivity index (χ0) is 17.6. The molecule has 0 radical (unpaired) electrons. The Morgan fingerprint density at radius 3 is 2.62 bits per heavy atom. The fourth-order valence-electron chi connectivity index (χ4n) is 3.22. The van der Waals surface area contributed by atoms with Crippen molar-refractivity contribution < 1.29 is 14.3 Å². The molecule has 6 nitrogen and oxygen atoms in total. The highest BCUT2D eigenvalue weighted by Crippen LogP contribution is 2.31. The lowest BCUT2D eigenvalue weighted by Gasteiger charge is -2.24. The first-order chi connectivity index (χ1) is 11.5. The molecule has 0 aromatic heterocycles. The first-order valence-corrected chi connectivity index (χ1v) is 8.14. The third-order valence-electron chi connectivity index (χ3n) is 4.39. The predicted molar refractivity (Wildman–Crippen MR) is 90.8 cm³/mol. The number of likely N-dealkylation sites (N-methyl/N-ethyl adjacent to an activating group) is 1. The largest absolute Gasteiger partial charge is 0.493 e. The van der Waals surface area contributed by atoms with E-state index in [0.29, 0.717) is 18.0 Å². The summed E-state index contributed by atoms with van der Waals surface area (Å²) in [6.07, 6.45) is 3.46. The van der Waals surface area contributed by atoms with Gasteiger partial charge >= 0.3 is 0 Å². The average molecular weight is 331 g/mol. The summed E-state index contributed by atoms with van der Waals surface area (Å²) in [5.41, 5.74) is 0.272. The molecule has 1 amide bonds. The number of nitrogens with zero attached hydrogens (tertiary/aromatic N) is 2. The van der Waals surface area contributed by atoms with Gasteiger partial charge < -0.3 is 14.8 Å². The first-order valence-electron chi connectivity index (χ1n) is 8.14. The SMILES string of the molecule is COc1cccc(CN(C)CC(=O)NC2(C#N)CCCC2)c1OC. The van der Waals surface area contributed by atoms with Gasteiger partial charge in [0.25, 0.3) is 0 Å². The topological polar surface area (TPSA) is 74.6 Å². The Morgan fingerprint density at radius 1 is 1.33 bits per heavy atom. The molecule has 0 atom stereocenters. The lowest BCUT2D eigenvalue weighted by Crippen LogP contribution is -2.48. The molecule has 0 spiro atoms. The van der Waals surface area contributed by atoms with E-state index in [-0.39, 0.29) is 12.5 Å². The number of rotatable bonds is 7.